The third-order valence-electron chi connectivity index (χ3n) is 5.26. The topological polar surface area (TPSA) is 106 Å². The lowest BCUT2D eigenvalue weighted by molar-refractivity contribution is -0.0891. The van der Waals surface area contributed by atoms with Crippen molar-refractivity contribution in [3.05, 3.63) is 41.7 Å². The maximum atomic E-state index is 12.7. The van der Waals surface area contributed by atoms with E-state index in [1.807, 2.05) is 13.1 Å². The van der Waals surface area contributed by atoms with Crippen LogP contribution < -0.4 is 4.72 Å². The molecular formula is C20H30N4O4S. The van der Waals surface area contributed by atoms with Crippen molar-refractivity contribution in [2.45, 2.75) is 75.6 Å². The van der Waals surface area contributed by atoms with Gasteiger partial charge in [-0.05, 0) is 44.2 Å². The molecule has 0 saturated carbocycles. The number of hydrogen-bond acceptors (Lipinski definition) is 6. The predicted molar refractivity (Wildman–Crippen MR) is 109 cm³/mol. The van der Waals surface area contributed by atoms with Crippen LogP contribution in [0.3, 0.4) is 0 Å². The fraction of sp³-hybridized carbons (Fsp3) is 0.600. The molecule has 8 nitrogen and oxygen atoms in total. The van der Waals surface area contributed by atoms with Gasteiger partial charge in [-0.2, -0.15) is 0 Å². The first-order chi connectivity index (χ1) is 13.8. The summed E-state index contributed by atoms with van der Waals surface area (Å²) in [6.45, 7) is 6.48. The molecule has 2 N–H and O–H groups in total. The molecule has 160 valence electrons. The molecule has 0 radical (unpaired) electrons. The molecule has 1 aromatic carbocycles. The van der Waals surface area contributed by atoms with Crippen LogP contribution in [0.25, 0.3) is 0 Å². The van der Waals surface area contributed by atoms with E-state index in [2.05, 4.69) is 28.9 Å². The van der Waals surface area contributed by atoms with Crippen molar-refractivity contribution in [1.29, 1.82) is 0 Å². The standard InChI is InChI=1S/C20H30N4O4S/c1-14(2)19-12-24(23-21-19)11-10-16-6-9-18(20(13-25)28-16)22-29(26,27)17-7-4-15(3)5-8-17/h4-5,7-8,12,14,16,18,20,22,25H,6,9-11,13H2,1-3H3/t16-,18+,20+/m0/s1. The average molecular weight is 423 g/mol. The smallest absolute Gasteiger partial charge is 0.240 e. The number of aliphatic hydroxyl groups excluding tert-OH is 1. The van der Waals surface area contributed by atoms with Crippen molar-refractivity contribution >= 4 is 10.0 Å². The summed E-state index contributed by atoms with van der Waals surface area (Å²) in [6, 6.07) is 6.24. The molecule has 0 unspecified atom stereocenters. The van der Waals surface area contributed by atoms with Crippen LogP contribution >= 0.6 is 0 Å². The van der Waals surface area contributed by atoms with E-state index in [1.165, 1.54) is 0 Å². The fourth-order valence-electron chi connectivity index (χ4n) is 3.43. The summed E-state index contributed by atoms with van der Waals surface area (Å²) in [5.74, 6) is 0.329. The number of aliphatic hydroxyl groups is 1. The summed E-state index contributed by atoms with van der Waals surface area (Å²) in [5, 5.41) is 18.0. The van der Waals surface area contributed by atoms with Crippen LogP contribution in [-0.2, 0) is 21.3 Å². The van der Waals surface area contributed by atoms with Gasteiger partial charge in [-0.25, -0.2) is 13.1 Å². The van der Waals surface area contributed by atoms with Gasteiger partial charge in [-0.1, -0.05) is 36.8 Å². The van der Waals surface area contributed by atoms with Crippen LogP contribution in [-0.4, -0.2) is 53.4 Å². The van der Waals surface area contributed by atoms with E-state index in [0.717, 1.165) is 17.7 Å². The van der Waals surface area contributed by atoms with Crippen molar-refractivity contribution < 1.29 is 18.3 Å². The Hall–Kier alpha value is -1.81. The first kappa shape index (κ1) is 21.9. The minimum Gasteiger partial charge on any atom is -0.394 e. The molecule has 29 heavy (non-hydrogen) atoms. The first-order valence-corrected chi connectivity index (χ1v) is 11.5. The second-order valence-corrected chi connectivity index (χ2v) is 9.66. The van der Waals surface area contributed by atoms with E-state index in [4.69, 9.17) is 4.74 Å². The molecule has 9 heteroatoms. The lowest BCUT2D eigenvalue weighted by Gasteiger charge is -2.36. The highest BCUT2D eigenvalue weighted by Gasteiger charge is 2.33. The van der Waals surface area contributed by atoms with Crippen LogP contribution in [0.5, 0.6) is 0 Å². The van der Waals surface area contributed by atoms with Crippen LogP contribution in [0.1, 0.15) is 50.3 Å². The van der Waals surface area contributed by atoms with E-state index in [-0.39, 0.29) is 17.6 Å². The van der Waals surface area contributed by atoms with Gasteiger partial charge < -0.3 is 9.84 Å². The third kappa shape index (κ3) is 5.63. The van der Waals surface area contributed by atoms with Crippen molar-refractivity contribution in [3.8, 4) is 0 Å². The molecule has 1 saturated heterocycles. The van der Waals surface area contributed by atoms with Gasteiger partial charge in [0.05, 0.1) is 35.4 Å². The van der Waals surface area contributed by atoms with Gasteiger partial charge in [0.15, 0.2) is 0 Å². The van der Waals surface area contributed by atoms with E-state index < -0.39 is 22.2 Å². The Morgan fingerprint density at radius 2 is 2.00 bits per heavy atom. The molecule has 3 rings (SSSR count). The van der Waals surface area contributed by atoms with E-state index in [9.17, 15) is 13.5 Å². The number of nitrogens with zero attached hydrogens (tertiary/aromatic N) is 3. The van der Waals surface area contributed by atoms with Gasteiger partial charge in [-0.15, -0.1) is 5.10 Å². The normalized spacial score (nSPS) is 22.9. The minimum atomic E-state index is -3.66. The van der Waals surface area contributed by atoms with E-state index in [1.54, 1.807) is 28.9 Å². The zero-order valence-electron chi connectivity index (χ0n) is 17.2. The molecule has 0 bridgehead atoms. The molecule has 1 aromatic heterocycles. The number of hydrogen-bond donors (Lipinski definition) is 2. The summed E-state index contributed by atoms with van der Waals surface area (Å²) < 4.78 is 35.8. The van der Waals surface area contributed by atoms with Gasteiger partial charge >= 0.3 is 0 Å². The Morgan fingerprint density at radius 1 is 1.28 bits per heavy atom. The number of benzene rings is 1. The van der Waals surface area contributed by atoms with E-state index >= 15 is 0 Å². The molecule has 0 spiro atoms. The summed E-state index contributed by atoms with van der Waals surface area (Å²) in [6.07, 6.45) is 3.36. The number of ether oxygens (including phenoxy) is 1. The quantitative estimate of drug-likeness (QED) is 0.674. The summed E-state index contributed by atoms with van der Waals surface area (Å²) in [4.78, 5) is 0.217. The van der Waals surface area contributed by atoms with Gasteiger partial charge in [0.1, 0.15) is 0 Å². The van der Waals surface area contributed by atoms with Crippen LogP contribution in [0.4, 0.5) is 0 Å². The number of nitrogens with one attached hydrogen (secondary N) is 1. The van der Waals surface area contributed by atoms with Gasteiger partial charge in [0.2, 0.25) is 10.0 Å². The summed E-state index contributed by atoms with van der Waals surface area (Å²) in [5.41, 5.74) is 1.95. The Bertz CT molecular complexity index is 895. The van der Waals surface area contributed by atoms with Crippen molar-refractivity contribution in [2.24, 2.45) is 0 Å². The second kappa shape index (κ2) is 9.34. The Morgan fingerprint density at radius 3 is 2.62 bits per heavy atom. The van der Waals surface area contributed by atoms with Crippen molar-refractivity contribution in [3.63, 3.8) is 0 Å². The largest absolute Gasteiger partial charge is 0.394 e. The molecule has 0 amide bonds. The summed E-state index contributed by atoms with van der Waals surface area (Å²) in [7, 11) is -3.66. The number of aryl methyl sites for hydroxylation is 2. The predicted octanol–water partition coefficient (Wildman–Crippen LogP) is 1.99. The molecular weight excluding hydrogens is 392 g/mol. The third-order valence-corrected chi connectivity index (χ3v) is 6.77. The van der Waals surface area contributed by atoms with Crippen molar-refractivity contribution in [2.75, 3.05) is 6.61 Å². The lowest BCUT2D eigenvalue weighted by atomic mass is 9.98. The Labute approximate surface area is 172 Å². The molecule has 1 fully saturated rings. The SMILES string of the molecule is Cc1ccc(S(=O)(=O)N[C@@H]2CC[C@@H](CCn3cc(C(C)C)nn3)O[C@@H]2CO)cc1. The maximum absolute atomic E-state index is 12.7. The molecule has 2 aromatic rings. The molecule has 1 aliphatic rings. The van der Waals surface area contributed by atoms with E-state index in [0.29, 0.717) is 25.3 Å². The average Bonchev–Trinajstić information content (AvgIpc) is 3.17. The van der Waals surface area contributed by atoms with Gasteiger partial charge in [0.25, 0.3) is 0 Å². The molecule has 2 heterocycles. The zero-order chi connectivity index (χ0) is 21.0. The van der Waals surface area contributed by atoms with Crippen LogP contribution in [0.2, 0.25) is 0 Å². The number of aromatic nitrogens is 3. The minimum absolute atomic E-state index is 0.0565. The maximum Gasteiger partial charge on any atom is 0.240 e. The fourth-order valence-corrected chi connectivity index (χ4v) is 4.73. The number of sulfonamides is 1. The first-order valence-electron chi connectivity index (χ1n) is 10.0. The highest BCUT2D eigenvalue weighted by molar-refractivity contribution is 7.89. The molecule has 0 aliphatic carbocycles. The van der Waals surface area contributed by atoms with Gasteiger partial charge in [-0.3, -0.25) is 4.68 Å². The molecule has 1 aliphatic heterocycles. The monoisotopic (exact) mass is 422 g/mol. The van der Waals surface area contributed by atoms with Crippen molar-refractivity contribution in [1.82, 2.24) is 19.7 Å². The van der Waals surface area contributed by atoms with Crippen LogP contribution in [0, 0.1) is 6.92 Å². The van der Waals surface area contributed by atoms with Gasteiger partial charge in [0, 0.05) is 12.7 Å². The number of rotatable bonds is 8. The zero-order valence-corrected chi connectivity index (χ0v) is 18.0. The second-order valence-electron chi connectivity index (χ2n) is 7.95. The summed E-state index contributed by atoms with van der Waals surface area (Å²) >= 11 is 0. The Kier molecular flexibility index (Phi) is 7.05. The highest BCUT2D eigenvalue weighted by atomic mass is 32.2. The highest BCUT2D eigenvalue weighted by Crippen LogP contribution is 2.24. The van der Waals surface area contributed by atoms with Crippen LogP contribution in [0.15, 0.2) is 35.4 Å². The Balaban J connectivity index is 1.56. The lowest BCUT2D eigenvalue weighted by Crippen LogP contribution is -2.50. The molecule has 3 atom stereocenters.